The molecule has 5 nitrogen and oxygen atoms in total. The first-order chi connectivity index (χ1) is 12.4. The molecule has 0 radical (unpaired) electrons. The molecule has 1 aromatic carbocycles. The van der Waals surface area contributed by atoms with Crippen molar-refractivity contribution in [2.45, 2.75) is 65.6 Å². The topological polar surface area (TPSA) is 60.5 Å². The Morgan fingerprint density at radius 1 is 1.23 bits per heavy atom. The fourth-order valence-corrected chi connectivity index (χ4v) is 2.91. The van der Waals surface area contributed by atoms with Gasteiger partial charge >= 0.3 is 0 Å². The molecule has 1 atom stereocenters. The number of ether oxygens (including phenoxy) is 2. The highest BCUT2D eigenvalue weighted by molar-refractivity contribution is 6.05. The molecule has 0 unspecified atom stereocenters. The minimum atomic E-state index is -0.841. The van der Waals surface area contributed by atoms with Gasteiger partial charge in [0.25, 0.3) is 5.91 Å². The second-order valence-electron chi connectivity index (χ2n) is 6.96. The van der Waals surface area contributed by atoms with Crippen molar-refractivity contribution in [2.24, 2.45) is 0 Å². The zero-order valence-corrected chi connectivity index (χ0v) is 16.5. The third-order valence-corrected chi connectivity index (χ3v) is 4.18. The summed E-state index contributed by atoms with van der Waals surface area (Å²) < 4.78 is 11.7. The van der Waals surface area contributed by atoms with Crippen molar-refractivity contribution in [3.63, 3.8) is 0 Å². The summed E-state index contributed by atoms with van der Waals surface area (Å²) in [6.07, 6.45) is 4.20. The Kier molecular flexibility index (Phi) is 6.98. The van der Waals surface area contributed by atoms with E-state index >= 15 is 0 Å². The van der Waals surface area contributed by atoms with E-state index in [1.54, 1.807) is 6.20 Å². The van der Waals surface area contributed by atoms with Gasteiger partial charge in [0.15, 0.2) is 0 Å². The molecule has 1 N–H and O–H groups in total. The number of carbonyl (C=O) groups is 1. The maximum absolute atomic E-state index is 12.9. The minimum Gasteiger partial charge on any atom is -0.489 e. The van der Waals surface area contributed by atoms with Crippen LogP contribution in [0, 0.1) is 0 Å². The van der Waals surface area contributed by atoms with Gasteiger partial charge in [-0.2, -0.15) is 0 Å². The van der Waals surface area contributed by atoms with Crippen molar-refractivity contribution in [1.82, 2.24) is 4.98 Å². The number of benzene rings is 1. The van der Waals surface area contributed by atoms with Crippen LogP contribution < -0.4 is 10.1 Å². The zero-order valence-electron chi connectivity index (χ0n) is 16.5. The standard InChI is InChI=1S/C21H30N2O3/c1-6-12-21(5,25-14-7-2)20(24)23-17-10-11-18(26-15(3)4)19-16(17)9-8-13-22-19/h8-11,13,15H,6-7,12,14H2,1-5H3,(H,23,24)/t21-/m1/s1. The minimum absolute atomic E-state index is 0.0518. The average Bonchev–Trinajstić information content (AvgIpc) is 2.62. The lowest BCUT2D eigenvalue weighted by Gasteiger charge is -2.28. The molecule has 0 aliphatic carbocycles. The predicted molar refractivity (Wildman–Crippen MR) is 106 cm³/mol. The van der Waals surface area contributed by atoms with Crippen LogP contribution in [-0.4, -0.2) is 29.2 Å². The molecule has 0 bridgehead atoms. The van der Waals surface area contributed by atoms with Gasteiger partial charge < -0.3 is 14.8 Å². The molecule has 2 rings (SSSR count). The van der Waals surface area contributed by atoms with Gasteiger partial charge in [0.1, 0.15) is 16.9 Å². The highest BCUT2D eigenvalue weighted by atomic mass is 16.5. The molecule has 1 aromatic heterocycles. The summed E-state index contributed by atoms with van der Waals surface area (Å²) in [5.74, 6) is 0.586. The van der Waals surface area contributed by atoms with E-state index in [1.807, 2.05) is 52.0 Å². The first-order valence-electron chi connectivity index (χ1n) is 9.41. The Morgan fingerprint density at radius 2 is 2.00 bits per heavy atom. The van der Waals surface area contributed by atoms with E-state index in [4.69, 9.17) is 9.47 Å². The van der Waals surface area contributed by atoms with E-state index in [0.29, 0.717) is 18.8 Å². The van der Waals surface area contributed by atoms with Gasteiger partial charge in [0.2, 0.25) is 0 Å². The smallest absolute Gasteiger partial charge is 0.256 e. The number of nitrogens with one attached hydrogen (secondary N) is 1. The third-order valence-electron chi connectivity index (χ3n) is 4.18. The van der Waals surface area contributed by atoms with E-state index in [2.05, 4.69) is 17.2 Å². The van der Waals surface area contributed by atoms with Crippen molar-refractivity contribution in [3.05, 3.63) is 30.5 Å². The molecule has 26 heavy (non-hydrogen) atoms. The largest absolute Gasteiger partial charge is 0.489 e. The highest BCUT2D eigenvalue weighted by Gasteiger charge is 2.33. The zero-order chi connectivity index (χ0) is 19.2. The van der Waals surface area contributed by atoms with Crippen LogP contribution in [0.15, 0.2) is 30.5 Å². The summed E-state index contributed by atoms with van der Waals surface area (Å²) in [6, 6.07) is 7.52. The maximum atomic E-state index is 12.9. The first kappa shape index (κ1) is 20.2. The number of pyridine rings is 1. The van der Waals surface area contributed by atoms with Gasteiger partial charge in [0.05, 0.1) is 11.8 Å². The lowest BCUT2D eigenvalue weighted by Crippen LogP contribution is -2.43. The molecule has 1 heterocycles. The molecule has 0 aliphatic heterocycles. The van der Waals surface area contributed by atoms with Crippen molar-refractivity contribution in [2.75, 3.05) is 11.9 Å². The Labute approximate surface area is 156 Å². The lowest BCUT2D eigenvalue weighted by atomic mass is 9.98. The molecule has 0 spiro atoms. The Hall–Kier alpha value is -2.14. The predicted octanol–water partition coefficient (Wildman–Crippen LogP) is 4.95. The van der Waals surface area contributed by atoms with Gasteiger partial charge in [-0.1, -0.05) is 20.3 Å². The second kappa shape index (κ2) is 8.99. The van der Waals surface area contributed by atoms with Crippen molar-refractivity contribution >= 4 is 22.5 Å². The number of amides is 1. The van der Waals surface area contributed by atoms with Crippen LogP contribution in [0.4, 0.5) is 5.69 Å². The van der Waals surface area contributed by atoms with Crippen molar-refractivity contribution < 1.29 is 14.3 Å². The molecule has 5 heteroatoms. The Bertz CT molecular complexity index is 745. The molecule has 0 aliphatic rings. The summed E-state index contributed by atoms with van der Waals surface area (Å²) in [5.41, 5.74) is 0.620. The monoisotopic (exact) mass is 358 g/mol. The van der Waals surface area contributed by atoms with Crippen LogP contribution in [-0.2, 0) is 9.53 Å². The summed E-state index contributed by atoms with van der Waals surface area (Å²) >= 11 is 0. The van der Waals surface area contributed by atoms with Crippen LogP contribution in [0.2, 0.25) is 0 Å². The number of anilines is 1. The molecular formula is C21H30N2O3. The normalized spacial score (nSPS) is 13.6. The second-order valence-corrected chi connectivity index (χ2v) is 6.96. The third kappa shape index (κ3) is 4.73. The lowest BCUT2D eigenvalue weighted by molar-refractivity contribution is -0.140. The number of rotatable bonds is 9. The number of aromatic nitrogens is 1. The fraction of sp³-hybridized carbons (Fsp3) is 0.524. The van der Waals surface area contributed by atoms with Gasteiger partial charge in [-0.3, -0.25) is 9.78 Å². The Morgan fingerprint density at radius 3 is 2.65 bits per heavy atom. The molecular weight excluding hydrogens is 328 g/mol. The summed E-state index contributed by atoms with van der Waals surface area (Å²) in [7, 11) is 0. The first-order valence-corrected chi connectivity index (χ1v) is 9.41. The van der Waals surface area contributed by atoms with Crippen molar-refractivity contribution in [1.29, 1.82) is 0 Å². The van der Waals surface area contributed by atoms with Gasteiger partial charge in [-0.15, -0.1) is 0 Å². The number of carbonyl (C=O) groups excluding carboxylic acids is 1. The summed E-state index contributed by atoms with van der Waals surface area (Å²) in [4.78, 5) is 17.4. The molecule has 142 valence electrons. The molecule has 0 saturated carbocycles. The van der Waals surface area contributed by atoms with Crippen LogP contribution >= 0.6 is 0 Å². The van der Waals surface area contributed by atoms with Crippen LogP contribution in [0.5, 0.6) is 5.75 Å². The number of hydrogen-bond acceptors (Lipinski definition) is 4. The van der Waals surface area contributed by atoms with Gasteiger partial charge in [0, 0.05) is 18.2 Å². The summed E-state index contributed by atoms with van der Waals surface area (Å²) in [6.45, 7) is 10.5. The van der Waals surface area contributed by atoms with E-state index in [1.165, 1.54) is 0 Å². The number of fused-ring (bicyclic) bond motifs is 1. The highest BCUT2D eigenvalue weighted by Crippen LogP contribution is 2.31. The van der Waals surface area contributed by atoms with Crippen molar-refractivity contribution in [3.8, 4) is 5.75 Å². The average molecular weight is 358 g/mol. The maximum Gasteiger partial charge on any atom is 0.256 e. The van der Waals surface area contributed by atoms with Crippen LogP contribution in [0.3, 0.4) is 0 Å². The molecule has 1 amide bonds. The Balaban J connectivity index is 2.34. The van der Waals surface area contributed by atoms with E-state index in [9.17, 15) is 4.79 Å². The SMILES string of the molecule is CCCO[C@](C)(CCC)C(=O)Nc1ccc(OC(C)C)c2ncccc12. The van der Waals surface area contributed by atoms with Crippen LogP contribution in [0.25, 0.3) is 10.9 Å². The van der Waals surface area contributed by atoms with E-state index in [-0.39, 0.29) is 12.0 Å². The van der Waals surface area contributed by atoms with E-state index < -0.39 is 5.60 Å². The number of hydrogen-bond donors (Lipinski definition) is 1. The van der Waals surface area contributed by atoms with Gasteiger partial charge in [-0.25, -0.2) is 0 Å². The fourth-order valence-electron chi connectivity index (χ4n) is 2.91. The number of nitrogens with zero attached hydrogens (tertiary/aromatic N) is 1. The molecule has 0 fully saturated rings. The molecule has 2 aromatic rings. The summed E-state index contributed by atoms with van der Waals surface area (Å²) in [5, 5.41) is 3.90. The van der Waals surface area contributed by atoms with E-state index in [0.717, 1.165) is 29.4 Å². The van der Waals surface area contributed by atoms with Crippen LogP contribution in [0.1, 0.15) is 53.9 Å². The quantitative estimate of drug-likeness (QED) is 0.689. The van der Waals surface area contributed by atoms with Gasteiger partial charge in [-0.05, 0) is 57.9 Å². The molecule has 0 saturated heterocycles.